The van der Waals surface area contributed by atoms with Crippen LogP contribution in [0.2, 0.25) is 19.6 Å². The molecule has 0 aromatic heterocycles. The van der Waals surface area contributed by atoms with Crippen molar-refractivity contribution < 1.29 is 13.6 Å². The molecular weight excluding hydrogens is 275 g/mol. The molecule has 0 saturated carbocycles. The summed E-state index contributed by atoms with van der Waals surface area (Å²) in [6.07, 6.45) is 4.12. The molecule has 2 atom stereocenters. The van der Waals surface area contributed by atoms with Gasteiger partial charge in [-0.15, -0.1) is 0 Å². The average molecular weight is 304 g/mol. The first kappa shape index (κ1) is 17.2. The first-order chi connectivity index (χ1) is 8.57. The molecule has 1 aliphatic rings. The lowest BCUT2D eigenvalue weighted by atomic mass is 9.84. The number of hydrogen-bond acceptors (Lipinski definition) is 3. The Balaban J connectivity index is 3.27. The van der Waals surface area contributed by atoms with Crippen molar-refractivity contribution in [2.24, 2.45) is 5.41 Å². The average Bonchev–Trinajstić information content (AvgIpc) is 2.23. The minimum Gasteiger partial charge on any atom is -0.306 e. The van der Waals surface area contributed by atoms with E-state index in [-0.39, 0.29) is 11.5 Å². The van der Waals surface area contributed by atoms with E-state index in [1.807, 2.05) is 6.92 Å². The highest BCUT2D eigenvalue weighted by atomic mass is 31.2. The van der Waals surface area contributed by atoms with Crippen molar-refractivity contribution in [2.45, 2.75) is 66.3 Å². The van der Waals surface area contributed by atoms with Crippen molar-refractivity contribution in [1.82, 2.24) is 0 Å². The van der Waals surface area contributed by atoms with E-state index in [0.717, 1.165) is 17.8 Å². The number of hydrogen-bond donors (Lipinski definition) is 0. The monoisotopic (exact) mass is 304 g/mol. The first-order valence-electron chi connectivity index (χ1n) is 7.23. The zero-order valence-corrected chi connectivity index (χ0v) is 15.3. The fraction of sp³-hybridized carbons (Fsp3) is 0.857. The van der Waals surface area contributed by atoms with Crippen LogP contribution >= 0.6 is 7.60 Å². The van der Waals surface area contributed by atoms with Crippen LogP contribution < -0.4 is 0 Å². The van der Waals surface area contributed by atoms with Gasteiger partial charge < -0.3 is 9.05 Å². The molecule has 0 aliphatic carbocycles. The molecule has 1 unspecified atom stereocenters. The van der Waals surface area contributed by atoms with Gasteiger partial charge in [-0.1, -0.05) is 52.9 Å². The maximum Gasteiger partial charge on any atom is 0.353 e. The summed E-state index contributed by atoms with van der Waals surface area (Å²) in [4.78, 5) is 0.958. The highest BCUT2D eigenvalue weighted by Crippen LogP contribution is 2.65. The summed E-state index contributed by atoms with van der Waals surface area (Å²) in [5, 5.41) is 0. The van der Waals surface area contributed by atoms with Gasteiger partial charge in [-0.05, 0) is 13.3 Å². The summed E-state index contributed by atoms with van der Waals surface area (Å²) in [6.45, 7) is 15.4. The molecule has 0 aromatic carbocycles. The van der Waals surface area contributed by atoms with Crippen LogP contribution in [-0.2, 0) is 13.6 Å². The molecule has 19 heavy (non-hydrogen) atoms. The van der Waals surface area contributed by atoms with Gasteiger partial charge in [0.25, 0.3) is 0 Å². The predicted octanol–water partition coefficient (Wildman–Crippen LogP) is 5.20. The minimum absolute atomic E-state index is 0.0185. The van der Waals surface area contributed by atoms with Crippen LogP contribution in [0.5, 0.6) is 0 Å². The van der Waals surface area contributed by atoms with Crippen LogP contribution in [0.1, 0.15) is 40.5 Å². The normalized spacial score (nSPS) is 31.1. The van der Waals surface area contributed by atoms with Crippen molar-refractivity contribution in [3.63, 3.8) is 0 Å². The van der Waals surface area contributed by atoms with Gasteiger partial charge in [-0.2, -0.15) is 0 Å². The van der Waals surface area contributed by atoms with E-state index in [2.05, 4.69) is 46.5 Å². The predicted molar refractivity (Wildman–Crippen MR) is 84.2 cm³/mol. The molecule has 0 amide bonds. The Morgan fingerprint density at radius 2 is 1.95 bits per heavy atom. The van der Waals surface area contributed by atoms with Gasteiger partial charge >= 0.3 is 7.60 Å². The zero-order valence-electron chi connectivity index (χ0n) is 13.4. The molecule has 0 saturated heterocycles. The van der Waals surface area contributed by atoms with Crippen molar-refractivity contribution in [3.8, 4) is 0 Å². The molecule has 1 heterocycles. The summed E-state index contributed by atoms with van der Waals surface area (Å²) in [5.74, 6) is 0. The van der Waals surface area contributed by atoms with Crippen LogP contribution in [0.25, 0.3) is 0 Å². The van der Waals surface area contributed by atoms with Crippen molar-refractivity contribution in [1.29, 1.82) is 0 Å². The largest absolute Gasteiger partial charge is 0.353 e. The Kier molecular flexibility index (Phi) is 5.28. The molecule has 1 aliphatic heterocycles. The quantitative estimate of drug-likeness (QED) is 0.517. The highest BCUT2D eigenvalue weighted by Gasteiger charge is 2.48. The van der Waals surface area contributed by atoms with Gasteiger partial charge in [0, 0.05) is 10.4 Å². The summed E-state index contributed by atoms with van der Waals surface area (Å²) < 4.78 is 24.7. The lowest BCUT2D eigenvalue weighted by Gasteiger charge is -2.42. The Morgan fingerprint density at radius 1 is 1.37 bits per heavy atom. The van der Waals surface area contributed by atoms with E-state index in [1.54, 1.807) is 0 Å². The Hall–Kier alpha value is 0.107. The van der Waals surface area contributed by atoms with Crippen molar-refractivity contribution in [3.05, 3.63) is 11.0 Å². The van der Waals surface area contributed by atoms with E-state index in [9.17, 15) is 4.57 Å². The summed E-state index contributed by atoms with van der Waals surface area (Å²) >= 11 is 0. The molecular formula is C14H29O3PSi. The topological polar surface area (TPSA) is 35.5 Å². The zero-order chi connectivity index (χ0) is 14.9. The Labute approximate surface area is 119 Å². The van der Waals surface area contributed by atoms with Gasteiger partial charge in [0.15, 0.2) is 0 Å². The van der Waals surface area contributed by atoms with Crippen LogP contribution in [0.4, 0.5) is 0 Å². The first-order valence-corrected chi connectivity index (χ1v) is 12.3. The lowest BCUT2D eigenvalue weighted by molar-refractivity contribution is 0.0691. The Bertz CT molecular complexity index is 396. The summed E-state index contributed by atoms with van der Waals surface area (Å²) in [7, 11) is -4.81. The molecule has 5 heteroatoms. The lowest BCUT2D eigenvalue weighted by Crippen LogP contribution is -2.38. The fourth-order valence-corrected chi connectivity index (χ4v) is 8.77. The van der Waals surface area contributed by atoms with Gasteiger partial charge in [-0.3, -0.25) is 4.57 Å². The maximum atomic E-state index is 13.1. The van der Waals surface area contributed by atoms with Crippen molar-refractivity contribution >= 4 is 15.7 Å². The second-order valence-corrected chi connectivity index (χ2v) is 14.3. The van der Waals surface area contributed by atoms with Crippen molar-refractivity contribution in [2.75, 3.05) is 6.61 Å². The van der Waals surface area contributed by atoms with Crippen LogP contribution in [0, 0.1) is 5.41 Å². The molecule has 0 fully saturated rings. The van der Waals surface area contributed by atoms with E-state index in [4.69, 9.17) is 9.05 Å². The van der Waals surface area contributed by atoms with E-state index in [0.29, 0.717) is 6.61 Å². The fourth-order valence-electron chi connectivity index (χ4n) is 2.47. The highest BCUT2D eigenvalue weighted by molar-refractivity contribution is 7.62. The molecule has 0 spiro atoms. The van der Waals surface area contributed by atoms with Gasteiger partial charge in [0.1, 0.15) is 0 Å². The molecule has 0 bridgehead atoms. The summed E-state index contributed by atoms with van der Waals surface area (Å²) in [6, 6.07) is 0. The third-order valence-corrected chi connectivity index (χ3v) is 9.88. The second-order valence-electron chi connectivity index (χ2n) is 6.90. The Morgan fingerprint density at radius 3 is 2.37 bits per heavy atom. The molecule has 3 nitrogen and oxygen atoms in total. The smallest absolute Gasteiger partial charge is 0.306 e. The van der Waals surface area contributed by atoms with Crippen LogP contribution in [0.3, 0.4) is 0 Å². The van der Waals surface area contributed by atoms with E-state index in [1.165, 1.54) is 0 Å². The molecule has 0 aromatic rings. The molecule has 1 rings (SSSR count). The van der Waals surface area contributed by atoms with Gasteiger partial charge in [0.2, 0.25) is 0 Å². The second kappa shape index (κ2) is 5.85. The van der Waals surface area contributed by atoms with Crippen LogP contribution in [-0.4, -0.2) is 20.8 Å². The standard InChI is InChI=1S/C14H29O3PSi/c1-8-10-12-14(3,4)11-13(19(5,6)7)18(15,17-12)16-9-2/h11-12H,8-10H2,1-7H3/t12-,18?/m1/s1. The minimum atomic E-state index is -3.09. The maximum absolute atomic E-state index is 13.1. The third kappa shape index (κ3) is 3.81. The van der Waals surface area contributed by atoms with E-state index >= 15 is 0 Å². The van der Waals surface area contributed by atoms with Gasteiger partial charge in [-0.25, -0.2) is 0 Å². The SMILES string of the molecule is CCC[C@H]1OP(=O)(OCC)C([Si](C)(C)C)=CC1(C)C. The van der Waals surface area contributed by atoms with Crippen LogP contribution in [0.15, 0.2) is 11.0 Å². The molecule has 0 N–H and O–H groups in total. The number of rotatable bonds is 5. The van der Waals surface area contributed by atoms with Gasteiger partial charge in [0.05, 0.1) is 20.8 Å². The third-order valence-electron chi connectivity index (χ3n) is 3.52. The summed E-state index contributed by atoms with van der Waals surface area (Å²) in [5.41, 5.74) is -0.0728. The molecule has 112 valence electrons. The van der Waals surface area contributed by atoms with E-state index < -0.39 is 15.7 Å². The molecule has 0 radical (unpaired) electrons.